The minimum absolute atomic E-state index is 0.255. The predicted octanol–water partition coefficient (Wildman–Crippen LogP) is 6.22. The van der Waals surface area contributed by atoms with Gasteiger partial charge in [-0.05, 0) is 44.9 Å². The highest BCUT2D eigenvalue weighted by molar-refractivity contribution is 5.66. The average Bonchev–Trinajstić information content (AvgIpc) is 2.53. The molecule has 0 amide bonds. The van der Waals surface area contributed by atoms with Crippen molar-refractivity contribution in [2.45, 2.75) is 71.1 Å². The first kappa shape index (κ1) is 18.5. The van der Waals surface area contributed by atoms with Crippen LogP contribution in [0, 0.1) is 0 Å². The molecule has 124 valence electrons. The van der Waals surface area contributed by atoms with Crippen LogP contribution in [-0.2, 0) is 4.79 Å². The third-order valence-electron chi connectivity index (χ3n) is 3.12. The number of carboxylic acids is 1. The smallest absolute Gasteiger partial charge is 0.303 e. The molecular weight excluding hydrogens is 272 g/mol. The highest BCUT2D eigenvalue weighted by Gasteiger charge is 1.92. The van der Waals surface area contributed by atoms with Crippen molar-refractivity contribution in [3.8, 4) is 0 Å². The molecule has 0 saturated carbocycles. The van der Waals surface area contributed by atoms with Gasteiger partial charge in [-0.3, -0.25) is 4.79 Å². The van der Waals surface area contributed by atoms with Gasteiger partial charge in [0, 0.05) is 7.79 Å². The molecule has 0 aliphatic rings. The summed E-state index contributed by atoms with van der Waals surface area (Å²) in [7, 11) is 0. The van der Waals surface area contributed by atoms with E-state index in [1.807, 2.05) is 0 Å². The molecule has 0 aromatic heterocycles. The van der Waals surface area contributed by atoms with Crippen molar-refractivity contribution in [2.75, 3.05) is 0 Å². The molecule has 22 heavy (non-hydrogen) atoms. The summed E-state index contributed by atoms with van der Waals surface area (Å²) in [4.78, 5) is 10.3. The third-order valence-corrected chi connectivity index (χ3v) is 3.12. The lowest BCUT2D eigenvalue weighted by Crippen LogP contribution is -1.92. The van der Waals surface area contributed by atoms with E-state index in [4.69, 9.17) is 6.48 Å². The Labute approximate surface area is 137 Å². The molecule has 0 aliphatic heterocycles. The van der Waals surface area contributed by atoms with Gasteiger partial charge in [-0.1, -0.05) is 68.3 Å². The fraction of sp³-hybridized carbons (Fsp3) is 0.550. The third kappa shape index (κ3) is 18.4. The van der Waals surface area contributed by atoms with Gasteiger partial charge in [0.1, 0.15) is 0 Å². The largest absolute Gasteiger partial charge is 0.481 e. The molecule has 2 heteroatoms. The van der Waals surface area contributed by atoms with Gasteiger partial charge in [0.2, 0.25) is 0 Å². The average molecular weight is 306 g/mol. The zero-order valence-electron chi connectivity index (χ0n) is 14.8. The van der Waals surface area contributed by atoms with Gasteiger partial charge in [0.15, 0.2) is 0 Å². The first-order chi connectivity index (χ1) is 11.3. The van der Waals surface area contributed by atoms with Crippen molar-refractivity contribution in [1.29, 1.82) is 0 Å². The van der Waals surface area contributed by atoms with Crippen LogP contribution in [0.4, 0.5) is 0 Å². The maximum Gasteiger partial charge on any atom is 0.303 e. The van der Waals surface area contributed by atoms with E-state index >= 15 is 0 Å². The van der Waals surface area contributed by atoms with Crippen molar-refractivity contribution < 1.29 is 11.3 Å². The number of carbonyl (C=O) groups is 1. The molecule has 0 fully saturated rings. The second-order valence-corrected chi connectivity index (χ2v) is 5.23. The topological polar surface area (TPSA) is 37.3 Å². The van der Waals surface area contributed by atoms with Crippen LogP contribution in [0.3, 0.4) is 0 Å². The Morgan fingerprint density at radius 3 is 1.82 bits per heavy atom. The molecule has 0 saturated heterocycles. The van der Waals surface area contributed by atoms with E-state index in [1.165, 1.54) is 12.8 Å². The lowest BCUT2D eigenvalue weighted by Gasteiger charge is -1.90. The summed E-state index contributed by atoms with van der Waals surface area (Å²) >= 11 is 0. The van der Waals surface area contributed by atoms with Crippen LogP contribution in [0.25, 0.3) is 0 Å². The molecule has 0 aliphatic carbocycles. The van der Waals surface area contributed by atoms with Crippen molar-refractivity contribution in [3.63, 3.8) is 0 Å². The molecule has 0 rings (SSSR count). The summed E-state index contributed by atoms with van der Waals surface area (Å²) in [5, 5.41) is 8.50. The molecule has 0 aromatic rings. The summed E-state index contributed by atoms with van der Waals surface area (Å²) in [6, 6.07) is 0. The van der Waals surface area contributed by atoms with Gasteiger partial charge in [0.05, 0.1) is 0 Å². The molecule has 0 unspecified atom stereocenters. The van der Waals surface area contributed by atoms with E-state index in [0.29, 0.717) is 6.90 Å². The van der Waals surface area contributed by atoms with Gasteiger partial charge in [-0.25, -0.2) is 0 Å². The maximum absolute atomic E-state index is 10.3. The van der Waals surface area contributed by atoms with E-state index in [0.717, 1.165) is 44.9 Å². The van der Waals surface area contributed by atoms with Gasteiger partial charge in [-0.15, -0.1) is 0 Å². The van der Waals surface area contributed by atoms with Crippen molar-refractivity contribution >= 4 is 5.97 Å². The lowest BCUT2D eigenvalue weighted by molar-refractivity contribution is -0.137. The van der Waals surface area contributed by atoms with Gasteiger partial charge in [-0.2, -0.15) is 0 Å². The number of aliphatic carboxylic acids is 1. The van der Waals surface area contributed by atoms with Crippen molar-refractivity contribution in [2.24, 2.45) is 0 Å². The zero-order valence-corrected chi connectivity index (χ0v) is 13.8. The quantitative estimate of drug-likeness (QED) is 0.306. The first-order valence-corrected chi connectivity index (χ1v) is 8.38. The SMILES string of the molecule is [3H]CCCCCC=CCC=CCC=CCC=CCCCC(=O)O. The van der Waals surface area contributed by atoms with Crippen LogP contribution in [0.1, 0.15) is 72.5 Å². The van der Waals surface area contributed by atoms with Crippen molar-refractivity contribution in [1.82, 2.24) is 0 Å². The van der Waals surface area contributed by atoms with E-state index in [2.05, 4.69) is 48.6 Å². The number of allylic oxidation sites excluding steroid dienone is 8. The van der Waals surface area contributed by atoms with Crippen LogP contribution < -0.4 is 0 Å². The van der Waals surface area contributed by atoms with Crippen LogP contribution in [0.2, 0.25) is 0 Å². The summed E-state index contributed by atoms with van der Waals surface area (Å²) in [5.74, 6) is -0.718. The fourth-order valence-corrected chi connectivity index (χ4v) is 1.86. The Morgan fingerprint density at radius 1 is 0.818 bits per heavy atom. The summed E-state index contributed by atoms with van der Waals surface area (Å²) in [6.45, 7) is 0.556. The Morgan fingerprint density at radius 2 is 1.32 bits per heavy atom. The van der Waals surface area contributed by atoms with Gasteiger partial charge >= 0.3 is 5.97 Å². The predicted molar refractivity (Wildman–Crippen MR) is 96.0 cm³/mol. The van der Waals surface area contributed by atoms with Gasteiger partial charge in [0.25, 0.3) is 0 Å². The molecule has 0 heterocycles. The monoisotopic (exact) mass is 306 g/mol. The minimum atomic E-state index is -0.718. The number of hydrogen-bond acceptors (Lipinski definition) is 1. The Bertz CT molecular complexity index is 381. The lowest BCUT2D eigenvalue weighted by atomic mass is 10.2. The molecule has 0 spiro atoms. The highest BCUT2D eigenvalue weighted by Crippen LogP contribution is 2.01. The number of rotatable bonds is 14. The summed E-state index contributed by atoms with van der Waals surface area (Å²) in [6.07, 6.45) is 26.5. The van der Waals surface area contributed by atoms with Crippen molar-refractivity contribution in [3.05, 3.63) is 48.6 Å². The normalized spacial score (nSPS) is 13.0. The highest BCUT2D eigenvalue weighted by atomic mass is 16.4. The summed E-state index contributed by atoms with van der Waals surface area (Å²) < 4.78 is 7.05. The van der Waals surface area contributed by atoms with Gasteiger partial charge < -0.3 is 5.11 Å². The molecule has 0 aromatic carbocycles. The van der Waals surface area contributed by atoms with E-state index in [1.54, 1.807) is 0 Å². The Balaban J connectivity index is 3.39. The molecule has 0 radical (unpaired) electrons. The van der Waals surface area contributed by atoms with E-state index in [9.17, 15) is 4.79 Å². The molecule has 2 nitrogen and oxygen atoms in total. The second-order valence-electron chi connectivity index (χ2n) is 5.23. The fourth-order valence-electron chi connectivity index (χ4n) is 1.86. The Kier molecular flexibility index (Phi) is 14.7. The zero-order chi connectivity index (χ0) is 17.0. The number of hydrogen-bond donors (Lipinski definition) is 1. The molecular formula is C20H32O2. The number of unbranched alkanes of at least 4 members (excludes halogenated alkanes) is 4. The standard InChI is InChI=1S/C20H32O2/c1-2-3-4-5-6-7-8-9-10-11-12-13-14-15-16-17-18-19-20(21)22/h6-7,9-10,12-13,15-16H,2-5,8,11,14,17-19H2,1H3,(H,21,22)/i1T. The maximum atomic E-state index is 10.3. The van der Waals surface area contributed by atoms with Crippen LogP contribution in [-0.4, -0.2) is 11.1 Å². The summed E-state index contributed by atoms with van der Waals surface area (Å²) in [5.41, 5.74) is 0. The molecule has 1 N–H and O–H groups in total. The van der Waals surface area contributed by atoms with Crippen LogP contribution in [0.5, 0.6) is 0 Å². The van der Waals surface area contributed by atoms with E-state index in [-0.39, 0.29) is 6.42 Å². The molecule has 0 bridgehead atoms. The van der Waals surface area contributed by atoms with E-state index < -0.39 is 5.97 Å². The number of carboxylic acid groups (broad SMARTS) is 1. The molecule has 0 atom stereocenters. The first-order valence-electron chi connectivity index (χ1n) is 9.09. The second kappa shape index (κ2) is 17.5. The Hall–Kier alpha value is -1.57. The van der Waals surface area contributed by atoms with Crippen LogP contribution in [0.15, 0.2) is 48.6 Å². The minimum Gasteiger partial charge on any atom is -0.481 e. The van der Waals surface area contributed by atoms with Crippen LogP contribution >= 0.6 is 0 Å².